The highest BCUT2D eigenvalue weighted by Gasteiger charge is 2.29. The Kier molecular flexibility index (Phi) is 4.03. The Morgan fingerprint density at radius 1 is 1.44 bits per heavy atom. The molecule has 2 rings (SSSR count). The van der Waals surface area contributed by atoms with E-state index in [4.69, 9.17) is 0 Å². The van der Waals surface area contributed by atoms with Crippen LogP contribution in [-0.4, -0.2) is 35.6 Å². The van der Waals surface area contributed by atoms with Gasteiger partial charge in [0, 0.05) is 44.6 Å². The number of pyridine rings is 1. The SMILES string of the molecule is Cc1ccncc1CN1CCNC(C(C)(C)C)C1. The van der Waals surface area contributed by atoms with Gasteiger partial charge in [-0.05, 0) is 29.5 Å². The fourth-order valence-electron chi connectivity index (χ4n) is 2.44. The molecule has 0 radical (unpaired) electrons. The summed E-state index contributed by atoms with van der Waals surface area (Å²) in [5, 5.41) is 3.63. The number of aryl methyl sites for hydroxylation is 1. The third-order valence-electron chi connectivity index (χ3n) is 3.85. The molecule has 2 heterocycles. The van der Waals surface area contributed by atoms with Crippen LogP contribution in [0.15, 0.2) is 18.5 Å². The van der Waals surface area contributed by atoms with Crippen molar-refractivity contribution < 1.29 is 0 Å². The van der Waals surface area contributed by atoms with Gasteiger partial charge in [-0.2, -0.15) is 0 Å². The molecule has 1 saturated heterocycles. The van der Waals surface area contributed by atoms with Crippen LogP contribution in [0.3, 0.4) is 0 Å². The lowest BCUT2D eigenvalue weighted by atomic mass is 9.85. The number of nitrogens with zero attached hydrogens (tertiary/aromatic N) is 2. The first-order chi connectivity index (χ1) is 8.47. The molecule has 3 nitrogen and oxygen atoms in total. The monoisotopic (exact) mass is 247 g/mol. The van der Waals surface area contributed by atoms with Crippen LogP contribution in [0.5, 0.6) is 0 Å². The molecule has 100 valence electrons. The van der Waals surface area contributed by atoms with Crippen molar-refractivity contribution in [1.29, 1.82) is 0 Å². The third kappa shape index (κ3) is 3.30. The average molecular weight is 247 g/mol. The van der Waals surface area contributed by atoms with Gasteiger partial charge in [0.1, 0.15) is 0 Å². The zero-order chi connectivity index (χ0) is 13.2. The average Bonchev–Trinajstić information content (AvgIpc) is 2.31. The minimum atomic E-state index is 0.322. The van der Waals surface area contributed by atoms with Gasteiger partial charge < -0.3 is 5.32 Å². The molecule has 0 amide bonds. The molecule has 0 saturated carbocycles. The first-order valence-electron chi connectivity index (χ1n) is 6.82. The predicted molar refractivity (Wildman–Crippen MR) is 75.5 cm³/mol. The van der Waals surface area contributed by atoms with E-state index in [1.165, 1.54) is 11.1 Å². The van der Waals surface area contributed by atoms with E-state index in [1.54, 1.807) is 0 Å². The van der Waals surface area contributed by atoms with E-state index in [-0.39, 0.29) is 0 Å². The molecule has 1 atom stereocenters. The Hall–Kier alpha value is -0.930. The van der Waals surface area contributed by atoms with Crippen LogP contribution >= 0.6 is 0 Å². The lowest BCUT2D eigenvalue weighted by molar-refractivity contribution is 0.129. The van der Waals surface area contributed by atoms with E-state index in [1.807, 2.05) is 12.4 Å². The summed E-state index contributed by atoms with van der Waals surface area (Å²) in [5.74, 6) is 0. The zero-order valence-corrected chi connectivity index (χ0v) is 12.0. The van der Waals surface area contributed by atoms with Crippen LogP contribution in [0.4, 0.5) is 0 Å². The molecule has 0 spiro atoms. The Labute approximate surface area is 111 Å². The Balaban J connectivity index is 2.00. The van der Waals surface area contributed by atoms with Crippen LogP contribution < -0.4 is 5.32 Å². The second-order valence-electron chi connectivity index (χ2n) is 6.41. The van der Waals surface area contributed by atoms with E-state index in [2.05, 4.69) is 49.0 Å². The Morgan fingerprint density at radius 2 is 2.22 bits per heavy atom. The van der Waals surface area contributed by atoms with E-state index >= 15 is 0 Å². The molecule has 1 unspecified atom stereocenters. The first kappa shape index (κ1) is 13.5. The fraction of sp³-hybridized carbons (Fsp3) is 0.667. The first-order valence-corrected chi connectivity index (χ1v) is 6.82. The van der Waals surface area contributed by atoms with Crippen LogP contribution in [-0.2, 0) is 6.54 Å². The van der Waals surface area contributed by atoms with Crippen LogP contribution in [0.1, 0.15) is 31.9 Å². The maximum Gasteiger partial charge on any atom is 0.0315 e. The summed E-state index contributed by atoms with van der Waals surface area (Å²) in [6.45, 7) is 13.4. The number of hydrogen-bond acceptors (Lipinski definition) is 3. The molecule has 1 N–H and O–H groups in total. The standard InChI is InChI=1S/C15H25N3/c1-12-5-6-16-9-13(12)10-18-8-7-17-14(11-18)15(2,3)4/h5-6,9,14,17H,7-8,10-11H2,1-4H3. The van der Waals surface area contributed by atoms with Crippen molar-refractivity contribution in [1.82, 2.24) is 15.2 Å². The summed E-state index contributed by atoms with van der Waals surface area (Å²) >= 11 is 0. The van der Waals surface area contributed by atoms with Crippen LogP contribution in [0, 0.1) is 12.3 Å². The van der Waals surface area contributed by atoms with Crippen molar-refractivity contribution in [3.05, 3.63) is 29.6 Å². The highest BCUT2D eigenvalue weighted by molar-refractivity contribution is 5.21. The Bertz CT molecular complexity index is 395. The third-order valence-corrected chi connectivity index (χ3v) is 3.85. The number of hydrogen-bond donors (Lipinski definition) is 1. The van der Waals surface area contributed by atoms with Gasteiger partial charge in [0.05, 0.1) is 0 Å². The molecule has 1 aromatic heterocycles. The van der Waals surface area contributed by atoms with Crippen molar-refractivity contribution >= 4 is 0 Å². The largest absolute Gasteiger partial charge is 0.311 e. The molecule has 0 aromatic carbocycles. The number of piperazine rings is 1. The highest BCUT2D eigenvalue weighted by atomic mass is 15.2. The molecule has 3 heteroatoms. The zero-order valence-electron chi connectivity index (χ0n) is 12.0. The minimum Gasteiger partial charge on any atom is -0.311 e. The molecule has 1 aromatic rings. The van der Waals surface area contributed by atoms with Crippen molar-refractivity contribution in [2.24, 2.45) is 5.41 Å². The van der Waals surface area contributed by atoms with Gasteiger partial charge in [-0.1, -0.05) is 20.8 Å². The van der Waals surface area contributed by atoms with E-state index in [9.17, 15) is 0 Å². The summed E-state index contributed by atoms with van der Waals surface area (Å²) in [7, 11) is 0. The van der Waals surface area contributed by atoms with Gasteiger partial charge in [0.15, 0.2) is 0 Å². The maximum atomic E-state index is 4.24. The normalized spacial score (nSPS) is 22.1. The highest BCUT2D eigenvalue weighted by Crippen LogP contribution is 2.22. The molecule has 1 fully saturated rings. The van der Waals surface area contributed by atoms with Gasteiger partial charge in [-0.3, -0.25) is 9.88 Å². The Morgan fingerprint density at radius 3 is 2.89 bits per heavy atom. The molecule has 1 aliphatic rings. The number of nitrogens with one attached hydrogen (secondary N) is 1. The van der Waals surface area contributed by atoms with Gasteiger partial charge in [-0.25, -0.2) is 0 Å². The number of rotatable bonds is 2. The topological polar surface area (TPSA) is 28.2 Å². The summed E-state index contributed by atoms with van der Waals surface area (Å²) in [5.41, 5.74) is 3.02. The molecule has 0 bridgehead atoms. The summed E-state index contributed by atoms with van der Waals surface area (Å²) in [6.07, 6.45) is 3.87. The van der Waals surface area contributed by atoms with E-state index < -0.39 is 0 Å². The molecule has 18 heavy (non-hydrogen) atoms. The second-order valence-corrected chi connectivity index (χ2v) is 6.41. The van der Waals surface area contributed by atoms with Crippen molar-refractivity contribution in [2.45, 2.75) is 40.3 Å². The second kappa shape index (κ2) is 5.37. The predicted octanol–water partition coefficient (Wildman–Crippen LogP) is 2.21. The van der Waals surface area contributed by atoms with Crippen LogP contribution in [0.2, 0.25) is 0 Å². The summed E-state index contributed by atoms with van der Waals surface area (Å²) < 4.78 is 0. The smallest absolute Gasteiger partial charge is 0.0315 e. The van der Waals surface area contributed by atoms with Crippen molar-refractivity contribution in [2.75, 3.05) is 19.6 Å². The number of aromatic nitrogens is 1. The molecular formula is C15H25N3. The quantitative estimate of drug-likeness (QED) is 0.868. The fourth-order valence-corrected chi connectivity index (χ4v) is 2.44. The molecule has 0 aliphatic carbocycles. The van der Waals surface area contributed by atoms with E-state index in [0.717, 1.165) is 26.2 Å². The van der Waals surface area contributed by atoms with Gasteiger partial charge >= 0.3 is 0 Å². The minimum absolute atomic E-state index is 0.322. The van der Waals surface area contributed by atoms with Gasteiger partial charge in [0.25, 0.3) is 0 Å². The van der Waals surface area contributed by atoms with Crippen LogP contribution in [0.25, 0.3) is 0 Å². The molecule has 1 aliphatic heterocycles. The maximum absolute atomic E-state index is 4.24. The summed E-state index contributed by atoms with van der Waals surface area (Å²) in [4.78, 5) is 6.77. The van der Waals surface area contributed by atoms with Gasteiger partial charge in [-0.15, -0.1) is 0 Å². The van der Waals surface area contributed by atoms with Crippen molar-refractivity contribution in [3.63, 3.8) is 0 Å². The van der Waals surface area contributed by atoms with Crippen molar-refractivity contribution in [3.8, 4) is 0 Å². The summed E-state index contributed by atoms with van der Waals surface area (Å²) in [6, 6.07) is 2.67. The lowest BCUT2D eigenvalue weighted by Gasteiger charge is -2.40. The molecular weight excluding hydrogens is 222 g/mol. The van der Waals surface area contributed by atoms with E-state index in [0.29, 0.717) is 11.5 Å². The van der Waals surface area contributed by atoms with Gasteiger partial charge in [0.2, 0.25) is 0 Å². The lowest BCUT2D eigenvalue weighted by Crippen LogP contribution is -2.55.